The summed E-state index contributed by atoms with van der Waals surface area (Å²) in [4.78, 5) is 8.78. The van der Waals surface area contributed by atoms with Crippen LogP contribution in [0.1, 0.15) is 19.3 Å². The molecule has 1 N–H and O–H groups in total. The van der Waals surface area contributed by atoms with Crippen LogP contribution in [-0.2, 0) is 4.74 Å². The summed E-state index contributed by atoms with van der Waals surface area (Å²) in [6, 6.07) is 3.94. The van der Waals surface area contributed by atoms with Crippen LogP contribution in [0.4, 0.5) is 5.69 Å². The third kappa shape index (κ3) is 2.44. The SMILES string of the molecule is COC1(CNc2ccnc3cc(Br)cnc23)CCC1. The molecule has 1 saturated carbocycles. The lowest BCUT2D eigenvalue weighted by molar-refractivity contribution is -0.0601. The number of pyridine rings is 2. The van der Waals surface area contributed by atoms with Crippen LogP contribution in [0.25, 0.3) is 11.0 Å². The van der Waals surface area contributed by atoms with Crippen molar-refractivity contribution in [3.8, 4) is 0 Å². The third-order valence-electron chi connectivity index (χ3n) is 3.84. The fraction of sp³-hybridized carbons (Fsp3) is 0.429. The maximum absolute atomic E-state index is 5.62. The fourth-order valence-corrected chi connectivity index (χ4v) is 2.75. The van der Waals surface area contributed by atoms with Gasteiger partial charge in [0.2, 0.25) is 0 Å². The first-order chi connectivity index (χ1) is 9.22. The van der Waals surface area contributed by atoms with Gasteiger partial charge in [0.25, 0.3) is 0 Å². The highest BCUT2D eigenvalue weighted by Crippen LogP contribution is 2.35. The lowest BCUT2D eigenvalue weighted by Gasteiger charge is -2.40. The van der Waals surface area contributed by atoms with Crippen molar-refractivity contribution in [2.75, 3.05) is 19.0 Å². The van der Waals surface area contributed by atoms with E-state index in [1.807, 2.05) is 12.1 Å². The highest BCUT2D eigenvalue weighted by Gasteiger charge is 2.36. The van der Waals surface area contributed by atoms with Crippen LogP contribution in [0.5, 0.6) is 0 Å². The minimum atomic E-state index is 0.00492. The molecule has 0 radical (unpaired) electrons. The normalized spacial score (nSPS) is 17.2. The summed E-state index contributed by atoms with van der Waals surface area (Å²) in [7, 11) is 1.79. The van der Waals surface area contributed by atoms with Crippen molar-refractivity contribution >= 4 is 32.7 Å². The molecule has 0 bridgehead atoms. The smallest absolute Gasteiger partial charge is 0.112 e. The van der Waals surface area contributed by atoms with Crippen molar-refractivity contribution in [3.05, 3.63) is 29.0 Å². The number of hydrogen-bond donors (Lipinski definition) is 1. The second kappa shape index (κ2) is 5.06. The quantitative estimate of drug-likeness (QED) is 0.937. The molecule has 0 aliphatic heterocycles. The number of nitrogens with one attached hydrogen (secondary N) is 1. The summed E-state index contributed by atoms with van der Waals surface area (Å²) >= 11 is 3.42. The number of fused-ring (bicyclic) bond motifs is 1. The van der Waals surface area contributed by atoms with Gasteiger partial charge in [-0.3, -0.25) is 9.97 Å². The topological polar surface area (TPSA) is 47.0 Å². The van der Waals surface area contributed by atoms with Crippen LogP contribution < -0.4 is 5.32 Å². The van der Waals surface area contributed by atoms with E-state index in [1.54, 1.807) is 19.5 Å². The van der Waals surface area contributed by atoms with E-state index in [1.165, 1.54) is 6.42 Å². The Kier molecular flexibility index (Phi) is 3.41. The standard InChI is InChI=1S/C14H16BrN3O/c1-19-14(4-2-5-14)9-18-11-3-6-16-12-7-10(15)8-17-13(11)12/h3,6-8H,2,4-5,9H2,1H3,(H,16,18). The first kappa shape index (κ1) is 12.8. The minimum Gasteiger partial charge on any atom is -0.380 e. The molecule has 0 atom stereocenters. The zero-order chi connectivity index (χ0) is 13.3. The second-order valence-corrected chi connectivity index (χ2v) is 5.89. The molecule has 5 heteroatoms. The highest BCUT2D eigenvalue weighted by molar-refractivity contribution is 9.10. The van der Waals surface area contributed by atoms with Gasteiger partial charge in [-0.2, -0.15) is 0 Å². The number of hydrogen-bond acceptors (Lipinski definition) is 4. The summed E-state index contributed by atoms with van der Waals surface area (Å²) < 4.78 is 6.56. The molecule has 0 unspecified atom stereocenters. The Morgan fingerprint density at radius 3 is 2.95 bits per heavy atom. The molecule has 0 spiro atoms. The van der Waals surface area contributed by atoms with Gasteiger partial charge in [-0.15, -0.1) is 0 Å². The van der Waals surface area contributed by atoms with Crippen molar-refractivity contribution in [3.63, 3.8) is 0 Å². The zero-order valence-electron chi connectivity index (χ0n) is 10.8. The second-order valence-electron chi connectivity index (χ2n) is 4.97. The van der Waals surface area contributed by atoms with Gasteiger partial charge in [0.05, 0.1) is 16.8 Å². The molecule has 2 heterocycles. The minimum absolute atomic E-state index is 0.00492. The van der Waals surface area contributed by atoms with E-state index in [0.717, 1.165) is 40.6 Å². The van der Waals surface area contributed by atoms with Crippen molar-refractivity contribution in [1.29, 1.82) is 0 Å². The number of rotatable bonds is 4. The number of anilines is 1. The molecule has 0 saturated heterocycles. The van der Waals surface area contributed by atoms with E-state index in [0.29, 0.717) is 0 Å². The summed E-state index contributed by atoms with van der Waals surface area (Å²) in [6.45, 7) is 0.820. The molecule has 0 aromatic carbocycles. The average molecular weight is 322 g/mol. The molecule has 4 nitrogen and oxygen atoms in total. The van der Waals surface area contributed by atoms with Crippen molar-refractivity contribution in [1.82, 2.24) is 9.97 Å². The van der Waals surface area contributed by atoms with Crippen molar-refractivity contribution in [2.45, 2.75) is 24.9 Å². The Balaban J connectivity index is 1.84. The predicted octanol–water partition coefficient (Wildman–Crippen LogP) is 3.37. The molecule has 3 rings (SSSR count). The Morgan fingerprint density at radius 1 is 1.42 bits per heavy atom. The Bertz CT molecular complexity index is 593. The first-order valence-corrected chi connectivity index (χ1v) is 7.21. The Labute approximate surface area is 120 Å². The summed E-state index contributed by atoms with van der Waals surface area (Å²) in [5.41, 5.74) is 2.81. The lowest BCUT2D eigenvalue weighted by Crippen LogP contribution is -2.45. The predicted molar refractivity (Wildman–Crippen MR) is 79.3 cm³/mol. The van der Waals surface area contributed by atoms with E-state index < -0.39 is 0 Å². The molecule has 2 aromatic heterocycles. The number of methoxy groups -OCH3 is 1. The molecular weight excluding hydrogens is 306 g/mol. The number of nitrogens with zero attached hydrogens (tertiary/aromatic N) is 2. The van der Waals surface area contributed by atoms with E-state index in [2.05, 4.69) is 31.2 Å². The maximum Gasteiger partial charge on any atom is 0.112 e. The van der Waals surface area contributed by atoms with Crippen LogP contribution in [0.2, 0.25) is 0 Å². The third-order valence-corrected chi connectivity index (χ3v) is 4.28. The van der Waals surface area contributed by atoms with Gasteiger partial charge in [0.1, 0.15) is 5.52 Å². The zero-order valence-corrected chi connectivity index (χ0v) is 12.4. The van der Waals surface area contributed by atoms with Crippen molar-refractivity contribution < 1.29 is 4.74 Å². The average Bonchev–Trinajstić information content (AvgIpc) is 2.37. The van der Waals surface area contributed by atoms with E-state index in [-0.39, 0.29) is 5.60 Å². The van der Waals surface area contributed by atoms with Gasteiger partial charge in [-0.05, 0) is 47.3 Å². The number of aromatic nitrogens is 2. The molecule has 100 valence electrons. The van der Waals surface area contributed by atoms with Gasteiger partial charge in [-0.1, -0.05) is 0 Å². The summed E-state index contributed by atoms with van der Waals surface area (Å²) in [5, 5.41) is 3.46. The van der Waals surface area contributed by atoms with Crippen LogP contribution in [0.3, 0.4) is 0 Å². The van der Waals surface area contributed by atoms with Gasteiger partial charge in [0.15, 0.2) is 0 Å². The Hall–Kier alpha value is -1.20. The van der Waals surface area contributed by atoms with Crippen LogP contribution in [0, 0.1) is 0 Å². The monoisotopic (exact) mass is 321 g/mol. The van der Waals surface area contributed by atoms with Gasteiger partial charge >= 0.3 is 0 Å². The van der Waals surface area contributed by atoms with Gasteiger partial charge in [0, 0.05) is 30.5 Å². The van der Waals surface area contributed by atoms with E-state index >= 15 is 0 Å². The van der Waals surface area contributed by atoms with Crippen molar-refractivity contribution in [2.24, 2.45) is 0 Å². The maximum atomic E-state index is 5.62. The van der Waals surface area contributed by atoms with Crippen LogP contribution >= 0.6 is 15.9 Å². The summed E-state index contributed by atoms with van der Waals surface area (Å²) in [6.07, 6.45) is 7.10. The first-order valence-electron chi connectivity index (χ1n) is 6.42. The summed E-state index contributed by atoms with van der Waals surface area (Å²) in [5.74, 6) is 0. The molecule has 1 fully saturated rings. The van der Waals surface area contributed by atoms with E-state index in [9.17, 15) is 0 Å². The largest absolute Gasteiger partial charge is 0.380 e. The fourth-order valence-electron chi connectivity index (χ4n) is 2.43. The Morgan fingerprint density at radius 2 is 2.26 bits per heavy atom. The van der Waals surface area contributed by atoms with Crippen LogP contribution in [0.15, 0.2) is 29.0 Å². The molecular formula is C14H16BrN3O. The van der Waals surface area contributed by atoms with Crippen LogP contribution in [-0.4, -0.2) is 29.2 Å². The molecule has 0 amide bonds. The van der Waals surface area contributed by atoms with E-state index in [4.69, 9.17) is 4.74 Å². The molecule has 1 aliphatic carbocycles. The number of halogens is 1. The molecule has 19 heavy (non-hydrogen) atoms. The highest BCUT2D eigenvalue weighted by atomic mass is 79.9. The molecule has 2 aromatic rings. The number of ether oxygens (including phenoxy) is 1. The molecule has 1 aliphatic rings. The lowest BCUT2D eigenvalue weighted by atomic mass is 9.80. The van der Waals surface area contributed by atoms with Gasteiger partial charge in [-0.25, -0.2) is 0 Å². The van der Waals surface area contributed by atoms with Gasteiger partial charge < -0.3 is 10.1 Å².